The van der Waals surface area contributed by atoms with Gasteiger partial charge in [0.2, 0.25) is 0 Å². The van der Waals surface area contributed by atoms with Gasteiger partial charge in [-0.25, -0.2) is 0 Å². The van der Waals surface area contributed by atoms with Gasteiger partial charge in [-0.05, 0) is 12.1 Å². The smallest absolute Gasteiger partial charge is 0.487 e. The normalized spacial score (nSPS) is 13.2. The number of hydrogen-bond donors (Lipinski definition) is 1. The fraction of sp³-hybridized carbons (Fsp3) is 0.400. The summed E-state index contributed by atoms with van der Waals surface area (Å²) in [5.41, 5.74) is 0. The van der Waals surface area contributed by atoms with Crippen LogP contribution in [0.4, 0.5) is 13.2 Å². The van der Waals surface area contributed by atoms with Crippen molar-refractivity contribution in [2.24, 2.45) is 0 Å². The number of rotatable bonds is 5. The second-order valence-corrected chi connectivity index (χ2v) is 3.76. The molecule has 1 aromatic rings. The van der Waals surface area contributed by atoms with Crippen LogP contribution in [0.1, 0.15) is 0 Å². The van der Waals surface area contributed by atoms with Crippen LogP contribution in [-0.4, -0.2) is 29.5 Å². The third-order valence-corrected chi connectivity index (χ3v) is 2.43. The van der Waals surface area contributed by atoms with Gasteiger partial charge in [0, 0.05) is 5.33 Å². The third kappa shape index (κ3) is 5.27. The van der Waals surface area contributed by atoms with E-state index in [1.807, 2.05) is 0 Å². The Labute approximate surface area is 104 Å². The highest BCUT2D eigenvalue weighted by Gasteiger charge is 2.32. The highest BCUT2D eigenvalue weighted by atomic mass is 79.9. The fourth-order valence-electron chi connectivity index (χ4n) is 1.01. The number of ether oxygens (including phenoxy) is 2. The van der Waals surface area contributed by atoms with Crippen LogP contribution in [0.2, 0.25) is 0 Å². The van der Waals surface area contributed by atoms with Gasteiger partial charge in [0.1, 0.15) is 6.61 Å². The zero-order valence-electron chi connectivity index (χ0n) is 8.58. The number of aliphatic hydroxyl groups is 1. The van der Waals surface area contributed by atoms with Crippen LogP contribution in [0.25, 0.3) is 0 Å². The molecule has 1 unspecified atom stereocenters. The SMILES string of the molecule is OC(CBr)COc1ccccc1OC(F)(F)F. The Bertz CT molecular complexity index is 357. The molecule has 0 aliphatic carbocycles. The first-order chi connectivity index (χ1) is 7.92. The molecule has 1 atom stereocenters. The van der Waals surface area contributed by atoms with E-state index in [1.54, 1.807) is 0 Å². The van der Waals surface area contributed by atoms with E-state index in [2.05, 4.69) is 20.7 Å². The first kappa shape index (κ1) is 14.1. The molecule has 0 aliphatic heterocycles. The largest absolute Gasteiger partial charge is 0.573 e. The highest BCUT2D eigenvalue weighted by Crippen LogP contribution is 2.31. The van der Waals surface area contributed by atoms with E-state index >= 15 is 0 Å². The van der Waals surface area contributed by atoms with E-state index < -0.39 is 18.2 Å². The molecule has 0 heterocycles. The molecule has 1 rings (SSSR count). The van der Waals surface area contributed by atoms with Crippen molar-refractivity contribution in [1.29, 1.82) is 0 Å². The molecule has 0 aromatic heterocycles. The van der Waals surface area contributed by atoms with Crippen LogP contribution in [0.3, 0.4) is 0 Å². The van der Waals surface area contributed by atoms with Crippen LogP contribution in [0.15, 0.2) is 24.3 Å². The quantitative estimate of drug-likeness (QED) is 0.849. The van der Waals surface area contributed by atoms with Gasteiger partial charge in [0.05, 0.1) is 6.10 Å². The molecule has 17 heavy (non-hydrogen) atoms. The highest BCUT2D eigenvalue weighted by molar-refractivity contribution is 9.09. The zero-order chi connectivity index (χ0) is 12.9. The standard InChI is InChI=1S/C10H10BrF3O3/c11-5-7(15)6-16-8-3-1-2-4-9(8)17-10(12,13)14/h1-4,7,15H,5-6H2. The minimum absolute atomic E-state index is 0.0650. The summed E-state index contributed by atoms with van der Waals surface area (Å²) < 4.78 is 45.0. The molecule has 0 saturated heterocycles. The summed E-state index contributed by atoms with van der Waals surface area (Å²) in [6.07, 6.45) is -5.57. The van der Waals surface area contributed by atoms with Crippen LogP contribution < -0.4 is 9.47 Å². The van der Waals surface area contributed by atoms with Crippen molar-refractivity contribution >= 4 is 15.9 Å². The van der Waals surface area contributed by atoms with Gasteiger partial charge in [0.15, 0.2) is 11.5 Å². The van der Waals surface area contributed by atoms with E-state index in [0.29, 0.717) is 0 Å². The minimum atomic E-state index is -4.77. The molecule has 0 fully saturated rings. The summed E-state index contributed by atoms with van der Waals surface area (Å²) in [7, 11) is 0. The second-order valence-electron chi connectivity index (χ2n) is 3.11. The Morgan fingerprint density at radius 2 is 1.82 bits per heavy atom. The number of alkyl halides is 4. The Morgan fingerprint density at radius 3 is 2.35 bits per heavy atom. The van der Waals surface area contributed by atoms with Crippen LogP contribution in [0.5, 0.6) is 11.5 Å². The number of para-hydroxylation sites is 2. The summed E-state index contributed by atoms with van der Waals surface area (Å²) >= 11 is 3.01. The van der Waals surface area contributed by atoms with E-state index in [0.717, 1.165) is 6.07 Å². The van der Waals surface area contributed by atoms with Crippen LogP contribution in [0, 0.1) is 0 Å². The van der Waals surface area contributed by atoms with Crippen molar-refractivity contribution in [3.05, 3.63) is 24.3 Å². The Hall–Kier alpha value is -0.950. The molecule has 96 valence electrons. The maximum absolute atomic E-state index is 12.1. The van der Waals surface area contributed by atoms with E-state index in [1.165, 1.54) is 18.2 Å². The molecule has 7 heteroatoms. The van der Waals surface area contributed by atoms with Crippen molar-refractivity contribution < 1.29 is 27.8 Å². The Kier molecular flexibility index (Phi) is 5.07. The maximum Gasteiger partial charge on any atom is 0.573 e. The molecular formula is C10H10BrF3O3. The molecule has 1 N–H and O–H groups in total. The van der Waals surface area contributed by atoms with Crippen molar-refractivity contribution in [1.82, 2.24) is 0 Å². The minimum Gasteiger partial charge on any atom is -0.487 e. The van der Waals surface area contributed by atoms with Crippen LogP contribution >= 0.6 is 15.9 Å². The van der Waals surface area contributed by atoms with Crippen molar-refractivity contribution in [3.8, 4) is 11.5 Å². The van der Waals surface area contributed by atoms with Gasteiger partial charge in [-0.2, -0.15) is 0 Å². The van der Waals surface area contributed by atoms with Gasteiger partial charge in [-0.1, -0.05) is 28.1 Å². The monoisotopic (exact) mass is 314 g/mol. The summed E-state index contributed by atoms with van der Waals surface area (Å²) in [4.78, 5) is 0. The van der Waals surface area contributed by atoms with Crippen LogP contribution in [-0.2, 0) is 0 Å². The van der Waals surface area contributed by atoms with Gasteiger partial charge in [-0.3, -0.25) is 0 Å². The van der Waals surface area contributed by atoms with Crippen molar-refractivity contribution in [3.63, 3.8) is 0 Å². The van der Waals surface area contributed by atoms with Crippen molar-refractivity contribution in [2.75, 3.05) is 11.9 Å². The van der Waals surface area contributed by atoms with Crippen molar-refractivity contribution in [2.45, 2.75) is 12.5 Å². The molecule has 0 bridgehead atoms. The molecule has 0 radical (unpaired) electrons. The molecule has 0 saturated carbocycles. The topological polar surface area (TPSA) is 38.7 Å². The summed E-state index contributed by atoms with van der Waals surface area (Å²) in [5.74, 6) is -0.494. The molecule has 0 spiro atoms. The van der Waals surface area contributed by atoms with E-state index in [-0.39, 0.29) is 17.7 Å². The summed E-state index contributed by atoms with van der Waals surface area (Å²) in [5, 5.41) is 9.48. The second kappa shape index (κ2) is 6.11. The van der Waals surface area contributed by atoms with Gasteiger partial charge < -0.3 is 14.6 Å². The molecule has 0 aliphatic rings. The lowest BCUT2D eigenvalue weighted by Gasteiger charge is -2.15. The first-order valence-corrected chi connectivity index (χ1v) is 5.76. The molecular weight excluding hydrogens is 305 g/mol. The lowest BCUT2D eigenvalue weighted by Crippen LogP contribution is -2.20. The molecule has 0 amide bonds. The predicted octanol–water partition coefficient (Wildman–Crippen LogP) is 2.72. The number of aliphatic hydroxyl groups excluding tert-OH is 1. The fourth-order valence-corrected chi connectivity index (χ4v) is 1.20. The van der Waals surface area contributed by atoms with E-state index in [4.69, 9.17) is 4.74 Å². The average Bonchev–Trinajstić information content (AvgIpc) is 2.25. The van der Waals surface area contributed by atoms with E-state index in [9.17, 15) is 18.3 Å². The van der Waals surface area contributed by atoms with Gasteiger partial charge in [0.25, 0.3) is 0 Å². The molecule has 1 aromatic carbocycles. The predicted molar refractivity (Wildman–Crippen MR) is 58.4 cm³/mol. The van der Waals surface area contributed by atoms with Gasteiger partial charge in [-0.15, -0.1) is 13.2 Å². The number of hydrogen-bond acceptors (Lipinski definition) is 3. The maximum atomic E-state index is 12.1. The zero-order valence-corrected chi connectivity index (χ0v) is 10.2. The summed E-state index contributed by atoms with van der Waals surface area (Å²) in [6, 6.07) is 5.39. The first-order valence-electron chi connectivity index (χ1n) is 4.64. The van der Waals surface area contributed by atoms with Gasteiger partial charge >= 0.3 is 6.36 Å². The number of halogens is 4. The third-order valence-electron chi connectivity index (χ3n) is 1.68. The molecule has 3 nitrogen and oxygen atoms in total. The summed E-state index contributed by atoms with van der Waals surface area (Å²) in [6.45, 7) is -0.122. The average molecular weight is 315 g/mol. The Morgan fingerprint density at radius 1 is 1.24 bits per heavy atom. The Balaban J connectivity index is 2.71. The lowest BCUT2D eigenvalue weighted by atomic mass is 10.3. The number of benzene rings is 1. The lowest BCUT2D eigenvalue weighted by molar-refractivity contribution is -0.275.